The van der Waals surface area contributed by atoms with Gasteiger partial charge >= 0.3 is 5.97 Å². The van der Waals surface area contributed by atoms with Crippen molar-refractivity contribution in [3.8, 4) is 0 Å². The first kappa shape index (κ1) is 13.3. The maximum Gasteiger partial charge on any atom is 0.321 e. The first-order valence-electron chi connectivity index (χ1n) is 4.26. The maximum absolute atomic E-state index is 11.4. The number of carbonyl (C=O) groups is 1. The lowest BCUT2D eigenvalue weighted by molar-refractivity contribution is -0.142. The van der Waals surface area contributed by atoms with Gasteiger partial charge in [-0.2, -0.15) is 0 Å². The van der Waals surface area contributed by atoms with Crippen LogP contribution in [0.3, 0.4) is 0 Å². The van der Waals surface area contributed by atoms with Crippen molar-refractivity contribution in [3.05, 3.63) is 22.6 Å². The van der Waals surface area contributed by atoms with Gasteiger partial charge in [-0.25, -0.2) is 0 Å². The minimum absolute atomic E-state index is 0.247. The fourth-order valence-corrected chi connectivity index (χ4v) is 2.14. The Morgan fingerprint density at radius 2 is 2.20 bits per heavy atom. The zero-order chi connectivity index (χ0) is 11.4. The second-order valence-electron chi connectivity index (χ2n) is 2.70. The Morgan fingerprint density at radius 3 is 2.67 bits per heavy atom. The molecule has 0 aliphatic carbocycles. The van der Waals surface area contributed by atoms with Gasteiger partial charge in [-0.1, -0.05) is 31.9 Å². The zero-order valence-corrected chi connectivity index (χ0v) is 12.6. The number of hydrogen-bond acceptors (Lipinski definition) is 3. The summed E-state index contributed by atoms with van der Waals surface area (Å²) in [5.41, 5.74) is 0. The molecule has 84 valence electrons. The van der Waals surface area contributed by atoms with Crippen molar-refractivity contribution in [1.29, 1.82) is 0 Å². The van der Waals surface area contributed by atoms with Crippen LogP contribution in [0.25, 0.3) is 0 Å². The highest BCUT2D eigenvalue weighted by Crippen LogP contribution is 2.34. The smallest absolute Gasteiger partial charge is 0.321 e. The molecule has 15 heavy (non-hydrogen) atoms. The summed E-state index contributed by atoms with van der Waals surface area (Å²) in [6.45, 7) is 2.13. The maximum atomic E-state index is 11.4. The summed E-state index contributed by atoms with van der Waals surface area (Å²) < 4.78 is 10.8. The average Bonchev–Trinajstić information content (AvgIpc) is 2.63. The molecule has 0 spiro atoms. The Hall–Kier alpha value is 0.190. The van der Waals surface area contributed by atoms with Gasteiger partial charge < -0.3 is 9.15 Å². The van der Waals surface area contributed by atoms with E-state index in [0.717, 1.165) is 0 Å². The van der Waals surface area contributed by atoms with Crippen molar-refractivity contribution in [2.75, 3.05) is 6.61 Å². The van der Waals surface area contributed by atoms with E-state index in [0.29, 0.717) is 17.0 Å². The third-order valence-corrected chi connectivity index (χ3v) is 4.65. The van der Waals surface area contributed by atoms with E-state index in [4.69, 9.17) is 9.15 Å². The fourth-order valence-electron chi connectivity index (χ4n) is 0.962. The predicted octanol–water partition coefficient (Wildman–Crippen LogP) is 3.80. The van der Waals surface area contributed by atoms with Crippen molar-refractivity contribution in [3.63, 3.8) is 0 Å². The van der Waals surface area contributed by atoms with Crippen LogP contribution in [0.4, 0.5) is 0 Å². The summed E-state index contributed by atoms with van der Waals surface area (Å²) in [6.07, 6.45) is 0. The second kappa shape index (κ2) is 6.06. The minimum Gasteiger partial charge on any atom is -0.465 e. The van der Waals surface area contributed by atoms with Crippen LogP contribution in [0.2, 0.25) is 0 Å². The van der Waals surface area contributed by atoms with Crippen LogP contribution in [-0.2, 0) is 9.53 Å². The number of hydrogen-bond donors (Lipinski definition) is 0. The zero-order valence-electron chi connectivity index (χ0n) is 7.88. The largest absolute Gasteiger partial charge is 0.465 e. The van der Waals surface area contributed by atoms with Crippen LogP contribution in [0.1, 0.15) is 17.5 Å². The number of alkyl halides is 2. The first-order valence-corrected chi connectivity index (χ1v) is 6.88. The van der Waals surface area contributed by atoms with Crippen molar-refractivity contribution < 1.29 is 13.9 Å². The van der Waals surface area contributed by atoms with Gasteiger partial charge in [0, 0.05) is 0 Å². The summed E-state index contributed by atoms with van der Waals surface area (Å²) in [5.74, 6) is 0.351. The molecule has 1 aromatic rings. The van der Waals surface area contributed by atoms with Gasteiger partial charge in [0.25, 0.3) is 0 Å². The summed E-state index contributed by atoms with van der Waals surface area (Å²) in [4.78, 5) is 10.7. The Labute approximate surface area is 113 Å². The van der Waals surface area contributed by atoms with E-state index in [1.54, 1.807) is 19.1 Å². The lowest BCUT2D eigenvalue weighted by Gasteiger charge is -2.12. The molecule has 0 fully saturated rings. The van der Waals surface area contributed by atoms with Crippen LogP contribution in [0.5, 0.6) is 0 Å². The molecule has 0 aliphatic heterocycles. The van der Waals surface area contributed by atoms with E-state index < -0.39 is 4.83 Å². The highest BCUT2D eigenvalue weighted by molar-refractivity contribution is 9.12. The Balaban J connectivity index is 2.67. The second-order valence-corrected chi connectivity index (χ2v) is 5.45. The molecule has 6 heteroatoms. The predicted molar refractivity (Wildman–Crippen MR) is 67.4 cm³/mol. The van der Waals surface area contributed by atoms with Gasteiger partial charge in [-0.15, -0.1) is 0 Å². The molecule has 0 aromatic carbocycles. The third kappa shape index (κ3) is 3.60. The SMILES string of the molecule is CCOC(=O)C(Br)C(Br)c1ccc(Br)o1. The van der Waals surface area contributed by atoms with Crippen molar-refractivity contribution >= 4 is 53.8 Å². The highest BCUT2D eigenvalue weighted by Gasteiger charge is 2.28. The summed E-state index contributed by atoms with van der Waals surface area (Å²) in [5, 5.41) is 0. The molecule has 0 saturated carbocycles. The number of rotatable bonds is 4. The van der Waals surface area contributed by atoms with Crippen molar-refractivity contribution in [1.82, 2.24) is 0 Å². The van der Waals surface area contributed by atoms with Crippen LogP contribution in [0.15, 0.2) is 21.2 Å². The molecule has 1 rings (SSSR count). The lowest BCUT2D eigenvalue weighted by atomic mass is 10.2. The van der Waals surface area contributed by atoms with E-state index in [1.807, 2.05) is 0 Å². The topological polar surface area (TPSA) is 39.4 Å². The molecule has 0 N–H and O–H groups in total. The van der Waals surface area contributed by atoms with Crippen LogP contribution in [-0.4, -0.2) is 17.4 Å². The molecule has 0 bridgehead atoms. The van der Waals surface area contributed by atoms with Crippen molar-refractivity contribution in [2.24, 2.45) is 0 Å². The molecule has 0 amide bonds. The summed E-state index contributed by atoms with van der Waals surface area (Å²) in [6, 6.07) is 3.56. The Morgan fingerprint density at radius 1 is 1.53 bits per heavy atom. The number of carbonyl (C=O) groups excluding carboxylic acids is 1. The fraction of sp³-hybridized carbons (Fsp3) is 0.444. The monoisotopic (exact) mass is 402 g/mol. The van der Waals surface area contributed by atoms with Crippen LogP contribution in [0, 0.1) is 0 Å². The van der Waals surface area contributed by atoms with Gasteiger partial charge in [0.2, 0.25) is 0 Å². The molecular weight excluding hydrogens is 396 g/mol. The van der Waals surface area contributed by atoms with Gasteiger partial charge in [-0.3, -0.25) is 4.79 Å². The first-order chi connectivity index (χ1) is 7.06. The number of esters is 1. The van der Waals surface area contributed by atoms with Crippen molar-refractivity contribution in [2.45, 2.75) is 16.6 Å². The summed E-state index contributed by atoms with van der Waals surface area (Å²) >= 11 is 9.83. The standard InChI is InChI=1S/C9H9Br3O3/c1-2-14-9(13)8(12)7(11)5-3-4-6(10)15-5/h3-4,7-8H,2H2,1H3. The molecule has 2 atom stereocenters. The molecule has 0 saturated heterocycles. The normalized spacial score (nSPS) is 14.7. The van der Waals surface area contributed by atoms with E-state index in [9.17, 15) is 4.79 Å². The molecule has 1 heterocycles. The average molecular weight is 405 g/mol. The number of halogens is 3. The van der Waals surface area contributed by atoms with E-state index in [-0.39, 0.29) is 10.8 Å². The van der Waals surface area contributed by atoms with Gasteiger partial charge in [0.1, 0.15) is 10.6 Å². The molecule has 1 aromatic heterocycles. The van der Waals surface area contributed by atoms with Crippen LogP contribution < -0.4 is 0 Å². The van der Waals surface area contributed by atoms with E-state index >= 15 is 0 Å². The van der Waals surface area contributed by atoms with Gasteiger partial charge in [0.05, 0.1) is 11.4 Å². The van der Waals surface area contributed by atoms with E-state index in [1.165, 1.54) is 0 Å². The Bertz CT molecular complexity index is 337. The Kier molecular flexibility index (Phi) is 5.35. The lowest BCUT2D eigenvalue weighted by Crippen LogP contribution is -2.21. The van der Waals surface area contributed by atoms with Crippen LogP contribution >= 0.6 is 47.8 Å². The third-order valence-electron chi connectivity index (χ3n) is 1.63. The number of ether oxygens (including phenoxy) is 1. The molecule has 2 unspecified atom stereocenters. The molecule has 0 aliphatic rings. The quantitative estimate of drug-likeness (QED) is 0.566. The van der Waals surface area contributed by atoms with E-state index in [2.05, 4.69) is 47.8 Å². The number of furan rings is 1. The van der Waals surface area contributed by atoms with Gasteiger partial charge in [-0.05, 0) is 35.0 Å². The van der Waals surface area contributed by atoms with Gasteiger partial charge in [0.15, 0.2) is 4.67 Å². The molecule has 3 nitrogen and oxygen atoms in total. The highest BCUT2D eigenvalue weighted by atomic mass is 79.9. The summed E-state index contributed by atoms with van der Waals surface area (Å²) in [7, 11) is 0. The minimum atomic E-state index is -0.463. The molecule has 0 radical (unpaired) electrons. The molecular formula is C9H9Br3O3.